The van der Waals surface area contributed by atoms with Gasteiger partial charge in [0.1, 0.15) is 0 Å². The Morgan fingerprint density at radius 3 is 2.52 bits per heavy atom. The van der Waals surface area contributed by atoms with Crippen molar-refractivity contribution in [2.75, 3.05) is 17.4 Å². The summed E-state index contributed by atoms with van der Waals surface area (Å²) in [5, 5.41) is 2.49. The number of carbonyl (C=O) groups excluding carboxylic acids is 1. The molecule has 0 aromatic heterocycles. The Kier molecular flexibility index (Phi) is 5.73. The van der Waals surface area contributed by atoms with E-state index in [9.17, 15) is 22.2 Å². The quantitative estimate of drug-likeness (QED) is 0.566. The van der Waals surface area contributed by atoms with Crippen LogP contribution in [0.25, 0.3) is 0 Å². The number of anilines is 1. The molecule has 0 fully saturated rings. The van der Waals surface area contributed by atoms with Crippen LogP contribution >= 0.6 is 0 Å². The van der Waals surface area contributed by atoms with Gasteiger partial charge in [-0.3, -0.25) is 14.8 Å². The van der Waals surface area contributed by atoms with Crippen LogP contribution in [-0.2, 0) is 17.0 Å². The van der Waals surface area contributed by atoms with Crippen molar-refractivity contribution in [3.05, 3.63) is 29.3 Å². The van der Waals surface area contributed by atoms with Crippen molar-refractivity contribution < 1.29 is 22.2 Å². The lowest BCUT2D eigenvalue weighted by atomic mass is 10.1. The molecule has 0 aliphatic rings. The fourth-order valence-electron chi connectivity index (χ4n) is 1.73. The Bertz CT molecular complexity index is 549. The van der Waals surface area contributed by atoms with Crippen molar-refractivity contribution in [2.45, 2.75) is 19.1 Å². The number of nitrogen functional groups attached to an aromatic ring is 1. The Hall–Kier alpha value is -1.61. The molecule has 0 radical (unpaired) electrons. The number of carbonyl (C=O) groups is 1. The number of rotatable bonds is 5. The maximum Gasteiger partial charge on any atom is 0.416 e. The zero-order valence-corrected chi connectivity index (χ0v) is 12.3. The molecule has 2 atom stereocenters. The molecule has 0 spiro atoms. The lowest BCUT2D eigenvalue weighted by molar-refractivity contribution is -0.137. The number of hydrogen-bond acceptors (Lipinski definition) is 4. The highest BCUT2D eigenvalue weighted by Gasteiger charge is 2.31. The van der Waals surface area contributed by atoms with Gasteiger partial charge in [0.25, 0.3) is 5.91 Å². The summed E-state index contributed by atoms with van der Waals surface area (Å²) in [6.07, 6.45) is -3.08. The smallest absolute Gasteiger partial charge is 0.349 e. The molecule has 0 aliphatic heterocycles. The summed E-state index contributed by atoms with van der Waals surface area (Å²) >= 11 is 0. The van der Waals surface area contributed by atoms with Gasteiger partial charge in [-0.2, -0.15) is 13.2 Å². The van der Waals surface area contributed by atoms with E-state index in [0.29, 0.717) is 0 Å². The molecule has 0 aliphatic carbocycles. The molecular formula is C12H16F3N3O2S. The topological polar surface area (TPSA) is 84.2 Å². The summed E-state index contributed by atoms with van der Waals surface area (Å²) in [5.74, 6) is 4.69. The van der Waals surface area contributed by atoms with E-state index in [0.717, 1.165) is 18.2 Å². The first-order valence-electron chi connectivity index (χ1n) is 5.94. The van der Waals surface area contributed by atoms with Crippen molar-refractivity contribution >= 4 is 22.4 Å². The Balaban J connectivity index is 3.04. The van der Waals surface area contributed by atoms with E-state index in [1.165, 1.54) is 6.26 Å². The van der Waals surface area contributed by atoms with E-state index in [-0.39, 0.29) is 17.0 Å². The zero-order chi connectivity index (χ0) is 16.2. The molecule has 1 rings (SSSR count). The number of nitrogens with one attached hydrogen (secondary N) is 2. The van der Waals surface area contributed by atoms with Crippen LogP contribution in [-0.4, -0.2) is 28.2 Å². The van der Waals surface area contributed by atoms with Gasteiger partial charge in [0.2, 0.25) is 0 Å². The second-order valence-corrected chi connectivity index (χ2v) is 6.00. The summed E-state index contributed by atoms with van der Waals surface area (Å²) in [6, 6.07) is 2.19. The molecule has 0 bridgehead atoms. The fraction of sp³-hybridized carbons (Fsp3) is 0.417. The SMILES string of the molecule is CC(CS(C)=O)NC(=O)c1cc(C(F)(F)F)ccc1NN. The van der Waals surface area contributed by atoms with Crippen LogP contribution in [0.3, 0.4) is 0 Å². The largest absolute Gasteiger partial charge is 0.416 e. The standard InChI is InChI=1S/C12H16F3N3O2S/c1-7(6-21(2)20)17-11(19)9-5-8(12(13,14)15)3-4-10(9)18-16/h3-5,7,18H,6,16H2,1-2H3,(H,17,19). The molecule has 118 valence electrons. The molecule has 5 nitrogen and oxygen atoms in total. The van der Waals surface area contributed by atoms with Crippen molar-refractivity contribution in [1.82, 2.24) is 5.32 Å². The van der Waals surface area contributed by atoms with E-state index >= 15 is 0 Å². The highest BCUT2D eigenvalue weighted by Crippen LogP contribution is 2.31. The van der Waals surface area contributed by atoms with E-state index in [4.69, 9.17) is 5.84 Å². The average molecular weight is 323 g/mol. The van der Waals surface area contributed by atoms with Crippen molar-refractivity contribution in [3.63, 3.8) is 0 Å². The molecule has 9 heteroatoms. The first kappa shape index (κ1) is 17.4. The molecule has 0 saturated heterocycles. The minimum Gasteiger partial charge on any atom is -0.349 e. The Morgan fingerprint density at radius 1 is 1.43 bits per heavy atom. The van der Waals surface area contributed by atoms with Crippen LogP contribution in [0, 0.1) is 0 Å². The minimum atomic E-state index is -4.56. The van der Waals surface area contributed by atoms with Gasteiger partial charge in [-0.25, -0.2) is 0 Å². The molecular weight excluding hydrogens is 307 g/mol. The van der Waals surface area contributed by atoms with Gasteiger partial charge in [0.05, 0.1) is 16.8 Å². The number of nitrogens with two attached hydrogens (primary N) is 1. The molecule has 1 amide bonds. The molecule has 1 aromatic rings. The first-order chi connectivity index (χ1) is 9.65. The fourth-order valence-corrected chi connectivity index (χ4v) is 2.52. The third-order valence-corrected chi connectivity index (χ3v) is 3.58. The van der Waals surface area contributed by atoms with Crippen molar-refractivity contribution in [2.24, 2.45) is 5.84 Å². The van der Waals surface area contributed by atoms with Crippen molar-refractivity contribution in [3.8, 4) is 0 Å². The van der Waals surface area contributed by atoms with Crippen LogP contribution < -0.4 is 16.6 Å². The van der Waals surface area contributed by atoms with Gasteiger partial charge >= 0.3 is 6.18 Å². The predicted molar refractivity (Wildman–Crippen MR) is 75.1 cm³/mol. The monoisotopic (exact) mass is 323 g/mol. The summed E-state index contributed by atoms with van der Waals surface area (Å²) in [5.41, 5.74) is 1.09. The molecule has 0 saturated carbocycles. The highest BCUT2D eigenvalue weighted by molar-refractivity contribution is 7.84. The first-order valence-corrected chi connectivity index (χ1v) is 7.66. The summed E-state index contributed by atoms with van der Waals surface area (Å²) in [6.45, 7) is 1.61. The van der Waals surface area contributed by atoms with Gasteiger partial charge in [0.15, 0.2) is 0 Å². The third kappa shape index (κ3) is 5.01. The molecule has 0 heterocycles. The van der Waals surface area contributed by atoms with E-state index in [2.05, 4.69) is 10.7 Å². The van der Waals surface area contributed by atoms with Gasteiger partial charge < -0.3 is 10.7 Å². The van der Waals surface area contributed by atoms with Crippen LogP contribution in [0.2, 0.25) is 0 Å². The van der Waals surface area contributed by atoms with Gasteiger partial charge in [-0.15, -0.1) is 0 Å². The third-order valence-electron chi connectivity index (χ3n) is 2.61. The van der Waals surface area contributed by atoms with Gasteiger partial charge in [-0.1, -0.05) is 0 Å². The minimum absolute atomic E-state index is 0.0744. The summed E-state index contributed by atoms with van der Waals surface area (Å²) < 4.78 is 49.1. The average Bonchev–Trinajstić information content (AvgIpc) is 2.35. The van der Waals surface area contributed by atoms with Crippen LogP contribution in [0.1, 0.15) is 22.8 Å². The second-order valence-electron chi connectivity index (χ2n) is 4.52. The van der Waals surface area contributed by atoms with E-state index in [1.54, 1.807) is 6.92 Å². The van der Waals surface area contributed by atoms with Crippen LogP contribution in [0.15, 0.2) is 18.2 Å². The summed E-state index contributed by atoms with van der Waals surface area (Å²) in [4.78, 5) is 12.0. The van der Waals surface area contributed by atoms with Crippen LogP contribution in [0.5, 0.6) is 0 Å². The lowest BCUT2D eigenvalue weighted by Crippen LogP contribution is -2.36. The second kappa shape index (κ2) is 6.90. The molecule has 1 aromatic carbocycles. The summed E-state index contributed by atoms with van der Waals surface area (Å²) in [7, 11) is -1.13. The molecule has 4 N–H and O–H groups in total. The molecule has 21 heavy (non-hydrogen) atoms. The normalized spacial score (nSPS) is 14.4. The highest BCUT2D eigenvalue weighted by atomic mass is 32.2. The number of halogens is 3. The maximum absolute atomic E-state index is 12.7. The number of amides is 1. The Labute approximate surface area is 122 Å². The maximum atomic E-state index is 12.7. The number of hydrazine groups is 1. The van der Waals surface area contributed by atoms with Gasteiger partial charge in [0, 0.05) is 28.9 Å². The zero-order valence-electron chi connectivity index (χ0n) is 11.5. The van der Waals surface area contributed by atoms with E-state index < -0.39 is 34.5 Å². The predicted octanol–water partition coefficient (Wildman–Crippen LogP) is 1.49. The molecule has 2 unspecified atom stereocenters. The number of hydrogen-bond donors (Lipinski definition) is 3. The van der Waals surface area contributed by atoms with Gasteiger partial charge in [-0.05, 0) is 25.1 Å². The van der Waals surface area contributed by atoms with Crippen LogP contribution in [0.4, 0.5) is 18.9 Å². The van der Waals surface area contributed by atoms with E-state index in [1.807, 2.05) is 0 Å². The number of alkyl halides is 3. The lowest BCUT2D eigenvalue weighted by Gasteiger charge is -2.16. The van der Waals surface area contributed by atoms with Crippen molar-refractivity contribution in [1.29, 1.82) is 0 Å². The Morgan fingerprint density at radius 2 is 2.05 bits per heavy atom. The number of benzene rings is 1.